The molecule has 1 fully saturated rings. The zero-order valence-electron chi connectivity index (χ0n) is 12.8. The lowest BCUT2D eigenvalue weighted by Crippen LogP contribution is -2.47. The number of nitrogens with zero attached hydrogens (tertiary/aromatic N) is 2. The fourth-order valence-corrected chi connectivity index (χ4v) is 1.96. The molecule has 0 aromatic rings. The van der Waals surface area contributed by atoms with Crippen LogP contribution in [0.15, 0.2) is 36.0 Å². The van der Waals surface area contributed by atoms with Gasteiger partial charge in [-0.25, -0.2) is 4.79 Å². The number of allylic oxidation sites excluding steroid dienone is 4. The first kappa shape index (κ1) is 16.5. The molecular formula is C16H26N2O2. The molecule has 0 aromatic carbocycles. The highest BCUT2D eigenvalue weighted by Crippen LogP contribution is 2.07. The first-order chi connectivity index (χ1) is 9.75. The predicted molar refractivity (Wildman–Crippen MR) is 82.7 cm³/mol. The highest BCUT2D eigenvalue weighted by atomic mass is 16.6. The molecule has 0 spiro atoms. The van der Waals surface area contributed by atoms with Gasteiger partial charge in [-0.15, -0.1) is 0 Å². The Kier molecular flexibility index (Phi) is 7.73. The summed E-state index contributed by atoms with van der Waals surface area (Å²) >= 11 is 0. The molecule has 0 radical (unpaired) electrons. The lowest BCUT2D eigenvalue weighted by molar-refractivity contribution is 0.0884. The number of carbonyl (C=O) groups excluding carboxylic acids is 1. The van der Waals surface area contributed by atoms with Crippen molar-refractivity contribution in [3.63, 3.8) is 0 Å². The monoisotopic (exact) mass is 278 g/mol. The van der Waals surface area contributed by atoms with E-state index in [1.807, 2.05) is 32.1 Å². The number of likely N-dealkylation sites (N-methyl/N-ethyl adjacent to an activating group) is 1. The third-order valence-corrected chi connectivity index (χ3v) is 3.20. The first-order valence-electron chi connectivity index (χ1n) is 7.38. The van der Waals surface area contributed by atoms with Gasteiger partial charge in [0.05, 0.1) is 0 Å². The molecule has 0 atom stereocenters. The minimum Gasteiger partial charge on any atom is -0.445 e. The van der Waals surface area contributed by atoms with Crippen molar-refractivity contribution < 1.29 is 9.53 Å². The summed E-state index contributed by atoms with van der Waals surface area (Å²) in [5.41, 5.74) is 1.06. The van der Waals surface area contributed by atoms with Crippen LogP contribution in [0.1, 0.15) is 20.3 Å². The summed E-state index contributed by atoms with van der Waals surface area (Å²) < 4.78 is 5.33. The molecule has 0 aromatic heterocycles. The average Bonchev–Trinajstić information content (AvgIpc) is 2.76. The van der Waals surface area contributed by atoms with E-state index in [1.54, 1.807) is 4.90 Å². The van der Waals surface area contributed by atoms with Crippen LogP contribution in [0.3, 0.4) is 0 Å². The maximum atomic E-state index is 11.9. The molecule has 1 aliphatic carbocycles. The Bertz CT molecular complexity index is 378. The molecule has 1 saturated heterocycles. The van der Waals surface area contributed by atoms with Crippen molar-refractivity contribution in [3.8, 4) is 0 Å². The van der Waals surface area contributed by atoms with Crippen LogP contribution in [0.4, 0.5) is 4.79 Å². The fraction of sp³-hybridized carbons (Fsp3) is 0.562. The molecule has 20 heavy (non-hydrogen) atoms. The van der Waals surface area contributed by atoms with Crippen LogP contribution < -0.4 is 0 Å². The second-order valence-electron chi connectivity index (χ2n) is 4.65. The third kappa shape index (κ3) is 5.61. The normalized spacial score (nSPS) is 18.8. The highest BCUT2D eigenvalue weighted by Gasteiger charge is 2.19. The van der Waals surface area contributed by atoms with Crippen LogP contribution in [0.25, 0.3) is 0 Å². The number of hydrogen-bond donors (Lipinski definition) is 0. The van der Waals surface area contributed by atoms with Crippen LogP contribution in [0, 0.1) is 0 Å². The van der Waals surface area contributed by atoms with Gasteiger partial charge in [0.15, 0.2) is 0 Å². The molecule has 4 heteroatoms. The van der Waals surface area contributed by atoms with E-state index in [0.29, 0.717) is 6.61 Å². The van der Waals surface area contributed by atoms with E-state index in [0.717, 1.165) is 38.2 Å². The summed E-state index contributed by atoms with van der Waals surface area (Å²) in [6.45, 7) is 7.71. The third-order valence-electron chi connectivity index (χ3n) is 3.20. The van der Waals surface area contributed by atoms with E-state index in [2.05, 4.69) is 24.1 Å². The Balaban J connectivity index is 0.000000956. The summed E-state index contributed by atoms with van der Waals surface area (Å²) in [4.78, 5) is 15.8. The van der Waals surface area contributed by atoms with Crippen molar-refractivity contribution >= 4 is 6.09 Å². The lowest BCUT2D eigenvalue weighted by Gasteiger charge is -2.31. The molecule has 2 rings (SSSR count). The van der Waals surface area contributed by atoms with E-state index in [1.165, 1.54) is 0 Å². The second-order valence-corrected chi connectivity index (χ2v) is 4.65. The van der Waals surface area contributed by atoms with Gasteiger partial charge < -0.3 is 14.5 Å². The number of carbonyl (C=O) groups is 1. The molecule has 4 nitrogen and oxygen atoms in total. The van der Waals surface area contributed by atoms with Crippen LogP contribution in [0.5, 0.6) is 0 Å². The highest BCUT2D eigenvalue weighted by molar-refractivity contribution is 5.68. The van der Waals surface area contributed by atoms with E-state index < -0.39 is 0 Å². The predicted octanol–water partition coefficient (Wildman–Crippen LogP) is 2.84. The summed E-state index contributed by atoms with van der Waals surface area (Å²) in [6.07, 6.45) is 10.8. The molecule has 112 valence electrons. The van der Waals surface area contributed by atoms with Gasteiger partial charge in [0.2, 0.25) is 0 Å². The van der Waals surface area contributed by atoms with E-state index in [-0.39, 0.29) is 6.09 Å². The number of ether oxygens (including phenoxy) is 1. The molecule has 0 unspecified atom stereocenters. The lowest BCUT2D eigenvalue weighted by atomic mass is 10.2. The Morgan fingerprint density at radius 2 is 1.90 bits per heavy atom. The van der Waals surface area contributed by atoms with Gasteiger partial charge in [-0.2, -0.15) is 0 Å². The summed E-state index contributed by atoms with van der Waals surface area (Å²) in [5.74, 6) is 0. The molecule has 0 saturated carbocycles. The number of rotatable bonds is 2. The largest absolute Gasteiger partial charge is 0.445 e. The van der Waals surface area contributed by atoms with Crippen molar-refractivity contribution in [3.05, 3.63) is 36.0 Å². The van der Waals surface area contributed by atoms with Crippen LogP contribution in [-0.4, -0.2) is 55.7 Å². The van der Waals surface area contributed by atoms with Crippen molar-refractivity contribution in [1.82, 2.24) is 9.80 Å². The van der Waals surface area contributed by atoms with E-state index in [4.69, 9.17) is 4.74 Å². The molecular weight excluding hydrogens is 252 g/mol. The van der Waals surface area contributed by atoms with Gasteiger partial charge in [0.1, 0.15) is 6.61 Å². The van der Waals surface area contributed by atoms with E-state index >= 15 is 0 Å². The quantitative estimate of drug-likeness (QED) is 0.778. The average molecular weight is 278 g/mol. The molecule has 1 aliphatic heterocycles. The zero-order chi connectivity index (χ0) is 14.8. The SMILES string of the molecule is CC.CN1CCN(C(=O)OCC2=CCC=CC=C2)CC1. The first-order valence-corrected chi connectivity index (χ1v) is 7.38. The molecule has 1 amide bonds. The van der Waals surface area contributed by atoms with Crippen molar-refractivity contribution in [1.29, 1.82) is 0 Å². The van der Waals surface area contributed by atoms with Crippen LogP contribution >= 0.6 is 0 Å². The molecule has 2 aliphatic rings. The molecule has 0 bridgehead atoms. The summed E-state index contributed by atoms with van der Waals surface area (Å²) in [5, 5.41) is 0. The Morgan fingerprint density at radius 3 is 2.60 bits per heavy atom. The molecule has 0 N–H and O–H groups in total. The Morgan fingerprint density at radius 1 is 1.20 bits per heavy atom. The topological polar surface area (TPSA) is 32.8 Å². The maximum Gasteiger partial charge on any atom is 0.410 e. The van der Waals surface area contributed by atoms with Crippen molar-refractivity contribution in [2.45, 2.75) is 20.3 Å². The van der Waals surface area contributed by atoms with Crippen molar-refractivity contribution in [2.24, 2.45) is 0 Å². The van der Waals surface area contributed by atoms with Crippen molar-refractivity contribution in [2.75, 3.05) is 39.8 Å². The van der Waals surface area contributed by atoms with Gasteiger partial charge in [0.25, 0.3) is 0 Å². The Hall–Kier alpha value is -1.55. The second kappa shape index (κ2) is 9.37. The minimum atomic E-state index is -0.199. The van der Waals surface area contributed by atoms with Crippen LogP contribution in [-0.2, 0) is 4.74 Å². The maximum absolute atomic E-state index is 11.9. The zero-order valence-corrected chi connectivity index (χ0v) is 12.8. The van der Waals surface area contributed by atoms with Gasteiger partial charge in [-0.3, -0.25) is 0 Å². The van der Waals surface area contributed by atoms with Gasteiger partial charge in [0, 0.05) is 26.2 Å². The standard InChI is InChI=1S/C14H20N2O2.C2H6/c1-15-8-10-16(11-9-15)14(17)18-12-13-6-4-2-3-5-7-13;1-2/h2-4,6-7H,5,8-12H2,1H3;1-2H3. The molecule has 1 heterocycles. The Labute approximate surface area is 122 Å². The number of piperazine rings is 1. The summed E-state index contributed by atoms with van der Waals surface area (Å²) in [6, 6.07) is 0. The van der Waals surface area contributed by atoms with Gasteiger partial charge in [-0.1, -0.05) is 44.2 Å². The van der Waals surface area contributed by atoms with Gasteiger partial charge >= 0.3 is 6.09 Å². The minimum absolute atomic E-state index is 0.199. The number of amides is 1. The smallest absolute Gasteiger partial charge is 0.410 e. The fourth-order valence-electron chi connectivity index (χ4n) is 1.96. The van der Waals surface area contributed by atoms with E-state index in [9.17, 15) is 4.79 Å². The number of hydrogen-bond acceptors (Lipinski definition) is 3. The summed E-state index contributed by atoms with van der Waals surface area (Å²) in [7, 11) is 2.07. The van der Waals surface area contributed by atoms with Gasteiger partial charge in [-0.05, 0) is 19.0 Å². The van der Waals surface area contributed by atoms with Crippen LogP contribution in [0.2, 0.25) is 0 Å².